The van der Waals surface area contributed by atoms with Crippen molar-refractivity contribution in [2.24, 2.45) is 4.99 Å². The van der Waals surface area contributed by atoms with Crippen molar-refractivity contribution in [3.05, 3.63) is 102 Å². The van der Waals surface area contributed by atoms with Gasteiger partial charge in [0, 0.05) is 29.0 Å². The third-order valence-electron chi connectivity index (χ3n) is 5.82. The minimum Gasteiger partial charge on any atom is -0.493 e. The van der Waals surface area contributed by atoms with Gasteiger partial charge in [0.05, 0.1) is 24.0 Å². The quantitative estimate of drug-likeness (QED) is 0.378. The van der Waals surface area contributed by atoms with Gasteiger partial charge < -0.3 is 9.64 Å². The van der Waals surface area contributed by atoms with E-state index < -0.39 is 0 Å². The fraction of sp³-hybridized carbons (Fsp3) is 0.222. The highest BCUT2D eigenvalue weighted by Gasteiger charge is 2.38. The van der Waals surface area contributed by atoms with Crippen LogP contribution in [0.2, 0.25) is 0 Å². The molecule has 2 aliphatic heterocycles. The molecule has 2 aromatic heterocycles. The Morgan fingerprint density at radius 1 is 1.06 bits per heavy atom. The number of hydrogen-bond donors (Lipinski definition) is 0. The lowest BCUT2D eigenvalue weighted by molar-refractivity contribution is 0.345. The van der Waals surface area contributed by atoms with Crippen LogP contribution in [-0.2, 0) is 0 Å². The van der Waals surface area contributed by atoms with Crippen molar-refractivity contribution in [3.63, 3.8) is 0 Å². The highest BCUT2D eigenvalue weighted by atomic mass is 79.9. The van der Waals surface area contributed by atoms with Crippen molar-refractivity contribution in [1.29, 1.82) is 0 Å². The Morgan fingerprint density at radius 3 is 2.70 bits per heavy atom. The van der Waals surface area contributed by atoms with Crippen molar-refractivity contribution in [2.75, 3.05) is 11.9 Å². The highest BCUT2D eigenvalue weighted by Crippen LogP contribution is 2.43. The van der Waals surface area contributed by atoms with Gasteiger partial charge in [-0.1, -0.05) is 22.0 Å². The van der Waals surface area contributed by atoms with E-state index in [2.05, 4.69) is 87.5 Å². The minimum absolute atomic E-state index is 0.0122. The van der Waals surface area contributed by atoms with Gasteiger partial charge in [0.1, 0.15) is 17.6 Å². The number of pyridine rings is 2. The largest absolute Gasteiger partial charge is 0.493 e. The summed E-state index contributed by atoms with van der Waals surface area (Å²) < 4.78 is 5.68. The Morgan fingerprint density at radius 2 is 1.91 bits per heavy atom. The van der Waals surface area contributed by atoms with Crippen LogP contribution in [0, 0.1) is 6.92 Å². The van der Waals surface area contributed by atoms with E-state index in [-0.39, 0.29) is 12.1 Å². The lowest BCUT2D eigenvalue weighted by Gasteiger charge is -2.29. The lowest BCUT2D eigenvalue weighted by atomic mass is 9.95. The average molecular weight is 501 g/mol. The summed E-state index contributed by atoms with van der Waals surface area (Å²) >= 11 is 3.39. The van der Waals surface area contributed by atoms with Gasteiger partial charge in [0.25, 0.3) is 0 Å². The molecule has 2 aliphatic rings. The molecule has 0 radical (unpaired) electrons. The van der Waals surface area contributed by atoms with Gasteiger partial charge in [0.2, 0.25) is 0 Å². The molecule has 0 amide bonds. The molecule has 0 N–H and O–H groups in total. The summed E-state index contributed by atoms with van der Waals surface area (Å²) in [5.74, 6) is 1.83. The van der Waals surface area contributed by atoms with E-state index in [9.17, 15) is 0 Å². The zero-order chi connectivity index (χ0) is 22.8. The molecule has 4 heterocycles. The Labute approximate surface area is 202 Å². The number of rotatable bonds is 6. The van der Waals surface area contributed by atoms with E-state index in [4.69, 9.17) is 14.7 Å². The summed E-state index contributed by atoms with van der Waals surface area (Å²) in [5.41, 5.74) is 6.31. The van der Waals surface area contributed by atoms with Crippen LogP contribution in [0.15, 0.2) is 89.7 Å². The zero-order valence-corrected chi connectivity index (χ0v) is 20.2. The number of aromatic nitrogens is 2. The molecule has 0 fully saturated rings. The van der Waals surface area contributed by atoms with Gasteiger partial charge in [-0.05, 0) is 85.7 Å². The maximum Gasteiger partial charge on any atom is 0.129 e. The smallest absolute Gasteiger partial charge is 0.129 e. The van der Waals surface area contributed by atoms with Gasteiger partial charge in [-0.25, -0.2) is 0 Å². The van der Waals surface area contributed by atoms with Gasteiger partial charge in [-0.2, -0.15) is 0 Å². The molecule has 2 atom stereocenters. The van der Waals surface area contributed by atoms with Crippen LogP contribution >= 0.6 is 15.9 Å². The molecule has 2 unspecified atom stereocenters. The van der Waals surface area contributed by atoms with Crippen LogP contribution in [0.3, 0.4) is 0 Å². The Hall–Kier alpha value is -3.25. The standard InChI is InChI=1S/C27H25BrN4O/c1-18-11-14-32-25(16-18)31-26(23-5-3-4-19(2)30-23)27(32)21-10-13-29-24(17-21)20-6-8-22(9-7-20)33-15-12-28/h3-11,13-14,16-17,26-27H,12,15H2,1-2H3. The Bertz CT molecular complexity index is 1250. The van der Waals surface area contributed by atoms with E-state index in [0.29, 0.717) is 6.61 Å². The second-order valence-electron chi connectivity index (χ2n) is 8.23. The molecule has 6 heteroatoms. The number of alkyl halides is 1. The molecule has 3 aromatic rings. The summed E-state index contributed by atoms with van der Waals surface area (Å²) in [5, 5.41) is 0.806. The van der Waals surface area contributed by atoms with E-state index in [1.165, 1.54) is 5.57 Å². The Balaban J connectivity index is 1.51. The minimum atomic E-state index is -0.0954. The van der Waals surface area contributed by atoms with Crippen molar-refractivity contribution >= 4 is 21.8 Å². The van der Waals surface area contributed by atoms with E-state index in [1.807, 2.05) is 31.3 Å². The predicted octanol–water partition coefficient (Wildman–Crippen LogP) is 6.20. The van der Waals surface area contributed by atoms with Crippen molar-refractivity contribution in [1.82, 2.24) is 14.9 Å². The van der Waals surface area contributed by atoms with Gasteiger partial charge >= 0.3 is 0 Å². The molecule has 0 spiro atoms. The number of aryl methyl sites for hydroxylation is 1. The van der Waals surface area contributed by atoms with Crippen LogP contribution in [0.1, 0.15) is 36.0 Å². The molecule has 5 nitrogen and oxygen atoms in total. The van der Waals surface area contributed by atoms with Crippen LogP contribution < -0.4 is 4.74 Å². The maximum atomic E-state index is 5.68. The molecular weight excluding hydrogens is 476 g/mol. The average Bonchev–Trinajstić information content (AvgIpc) is 3.22. The number of aliphatic imine (C=N–C) groups is 1. The monoisotopic (exact) mass is 500 g/mol. The summed E-state index contributed by atoms with van der Waals surface area (Å²) in [6.45, 7) is 4.76. The van der Waals surface area contributed by atoms with Crippen molar-refractivity contribution in [3.8, 4) is 17.0 Å². The number of ether oxygens (including phenoxy) is 1. The summed E-state index contributed by atoms with van der Waals surface area (Å²) in [6.07, 6.45) is 8.28. The number of amidine groups is 1. The fourth-order valence-corrected chi connectivity index (χ4v) is 4.43. The molecule has 0 bridgehead atoms. The van der Waals surface area contributed by atoms with E-state index in [1.54, 1.807) is 0 Å². The first-order chi connectivity index (χ1) is 16.1. The van der Waals surface area contributed by atoms with Gasteiger partial charge in [-0.3, -0.25) is 15.0 Å². The predicted molar refractivity (Wildman–Crippen MR) is 136 cm³/mol. The number of allylic oxidation sites excluding steroid dienone is 2. The summed E-state index contributed by atoms with van der Waals surface area (Å²) in [7, 11) is 0. The number of benzene rings is 1. The first-order valence-corrected chi connectivity index (χ1v) is 12.2. The van der Waals surface area contributed by atoms with Crippen molar-refractivity contribution in [2.45, 2.75) is 25.9 Å². The first-order valence-electron chi connectivity index (χ1n) is 11.0. The lowest BCUT2D eigenvalue weighted by Crippen LogP contribution is -2.27. The van der Waals surface area contributed by atoms with E-state index in [0.717, 1.165) is 45.1 Å². The fourth-order valence-electron chi connectivity index (χ4n) is 4.27. The molecule has 0 aliphatic carbocycles. The van der Waals surface area contributed by atoms with Crippen LogP contribution in [0.4, 0.5) is 0 Å². The second-order valence-corrected chi connectivity index (χ2v) is 9.02. The maximum absolute atomic E-state index is 5.68. The topological polar surface area (TPSA) is 50.6 Å². The van der Waals surface area contributed by atoms with Crippen LogP contribution in [0.25, 0.3) is 11.3 Å². The third kappa shape index (κ3) is 4.48. The second kappa shape index (κ2) is 9.32. The number of nitrogens with zero attached hydrogens (tertiary/aromatic N) is 4. The zero-order valence-electron chi connectivity index (χ0n) is 18.6. The Kier molecular flexibility index (Phi) is 6.09. The number of halogens is 1. The number of hydrogen-bond acceptors (Lipinski definition) is 5. The van der Waals surface area contributed by atoms with Crippen molar-refractivity contribution < 1.29 is 4.74 Å². The molecule has 33 heavy (non-hydrogen) atoms. The van der Waals surface area contributed by atoms with Gasteiger partial charge in [-0.15, -0.1) is 0 Å². The highest BCUT2D eigenvalue weighted by molar-refractivity contribution is 9.09. The molecular formula is C27H25BrN4O. The van der Waals surface area contributed by atoms with Crippen LogP contribution in [0.5, 0.6) is 5.75 Å². The van der Waals surface area contributed by atoms with Gasteiger partial charge in [0.15, 0.2) is 0 Å². The molecule has 0 saturated heterocycles. The summed E-state index contributed by atoms with van der Waals surface area (Å²) in [4.78, 5) is 16.8. The summed E-state index contributed by atoms with van der Waals surface area (Å²) in [6, 6.07) is 18.4. The molecule has 0 saturated carbocycles. The van der Waals surface area contributed by atoms with Crippen LogP contribution in [-0.4, -0.2) is 32.6 Å². The SMILES string of the molecule is CC1=CC2=NC(c3cccc(C)n3)C(c3ccnc(-c4ccc(OCCBr)cc4)c3)N2C=C1. The molecule has 5 rings (SSSR count). The third-order valence-corrected chi connectivity index (χ3v) is 6.15. The molecule has 166 valence electrons. The normalized spacial score (nSPS) is 19.2. The number of fused-ring (bicyclic) bond motifs is 1. The first kappa shape index (κ1) is 21.6. The van der Waals surface area contributed by atoms with E-state index >= 15 is 0 Å². The molecule has 1 aromatic carbocycles.